The van der Waals surface area contributed by atoms with E-state index in [1.807, 2.05) is 12.1 Å². The zero-order valence-corrected chi connectivity index (χ0v) is 10.3. The molecule has 1 aromatic carbocycles. The lowest BCUT2D eigenvalue weighted by atomic mass is 9.92. The van der Waals surface area contributed by atoms with Crippen molar-refractivity contribution in [2.45, 2.75) is 26.2 Å². The maximum atomic E-state index is 6.09. The minimum Gasteiger partial charge on any atom is -0.495 e. The van der Waals surface area contributed by atoms with Crippen LogP contribution in [0.5, 0.6) is 5.75 Å². The third-order valence-electron chi connectivity index (χ3n) is 2.76. The van der Waals surface area contributed by atoms with Gasteiger partial charge in [-0.2, -0.15) is 0 Å². The number of nitrogens with two attached hydrogens (primary N) is 1. The van der Waals surface area contributed by atoms with Crippen molar-refractivity contribution in [3.05, 3.63) is 28.3 Å². The SMILES string of the molecule is CCC(CN)c1cc(Cl)c(OC)cc1C. The van der Waals surface area contributed by atoms with E-state index in [4.69, 9.17) is 22.1 Å². The predicted octanol–water partition coefficient (Wildman–Crippen LogP) is 3.11. The molecule has 0 spiro atoms. The monoisotopic (exact) mass is 227 g/mol. The Morgan fingerprint density at radius 2 is 2.13 bits per heavy atom. The molecule has 0 aliphatic rings. The van der Waals surface area contributed by atoms with Crippen molar-refractivity contribution in [2.75, 3.05) is 13.7 Å². The third kappa shape index (κ3) is 2.64. The normalized spacial score (nSPS) is 12.6. The summed E-state index contributed by atoms with van der Waals surface area (Å²) in [5.74, 6) is 1.11. The first kappa shape index (κ1) is 12.3. The van der Waals surface area contributed by atoms with Crippen LogP contribution >= 0.6 is 11.6 Å². The molecule has 0 saturated heterocycles. The number of hydrogen-bond donors (Lipinski definition) is 1. The smallest absolute Gasteiger partial charge is 0.137 e. The molecule has 0 aliphatic heterocycles. The lowest BCUT2D eigenvalue weighted by molar-refractivity contribution is 0.414. The summed E-state index contributed by atoms with van der Waals surface area (Å²) in [4.78, 5) is 0. The Hall–Kier alpha value is -0.730. The molecule has 2 nitrogen and oxygen atoms in total. The van der Waals surface area contributed by atoms with E-state index in [1.54, 1.807) is 7.11 Å². The molecule has 1 atom stereocenters. The van der Waals surface area contributed by atoms with E-state index in [0.29, 0.717) is 17.5 Å². The zero-order chi connectivity index (χ0) is 11.4. The van der Waals surface area contributed by atoms with Gasteiger partial charge >= 0.3 is 0 Å². The fourth-order valence-electron chi connectivity index (χ4n) is 1.78. The van der Waals surface area contributed by atoms with Crippen LogP contribution in [0.1, 0.15) is 30.4 Å². The van der Waals surface area contributed by atoms with Gasteiger partial charge in [-0.25, -0.2) is 0 Å². The topological polar surface area (TPSA) is 35.2 Å². The van der Waals surface area contributed by atoms with Crippen LogP contribution in [0.4, 0.5) is 0 Å². The minimum absolute atomic E-state index is 0.383. The van der Waals surface area contributed by atoms with Gasteiger partial charge in [-0.1, -0.05) is 18.5 Å². The van der Waals surface area contributed by atoms with Crippen molar-refractivity contribution in [3.8, 4) is 5.75 Å². The van der Waals surface area contributed by atoms with Crippen LogP contribution in [-0.2, 0) is 0 Å². The van der Waals surface area contributed by atoms with Crippen molar-refractivity contribution in [3.63, 3.8) is 0 Å². The van der Waals surface area contributed by atoms with Gasteiger partial charge in [0.15, 0.2) is 0 Å². The van der Waals surface area contributed by atoms with Crippen LogP contribution in [0.15, 0.2) is 12.1 Å². The fraction of sp³-hybridized carbons (Fsp3) is 0.500. The maximum absolute atomic E-state index is 6.09. The number of benzene rings is 1. The number of hydrogen-bond acceptors (Lipinski definition) is 2. The van der Waals surface area contributed by atoms with Crippen LogP contribution in [0.25, 0.3) is 0 Å². The van der Waals surface area contributed by atoms with Crippen molar-refractivity contribution in [2.24, 2.45) is 5.73 Å². The van der Waals surface area contributed by atoms with Gasteiger partial charge < -0.3 is 10.5 Å². The Morgan fingerprint density at radius 1 is 1.47 bits per heavy atom. The maximum Gasteiger partial charge on any atom is 0.137 e. The van der Waals surface area contributed by atoms with Crippen molar-refractivity contribution < 1.29 is 4.74 Å². The van der Waals surface area contributed by atoms with Gasteiger partial charge in [-0.05, 0) is 49.1 Å². The highest BCUT2D eigenvalue weighted by molar-refractivity contribution is 6.32. The summed E-state index contributed by atoms with van der Waals surface area (Å²) in [5.41, 5.74) is 8.15. The molecule has 2 N–H and O–H groups in total. The van der Waals surface area contributed by atoms with Crippen LogP contribution in [0.3, 0.4) is 0 Å². The van der Waals surface area contributed by atoms with E-state index in [-0.39, 0.29) is 0 Å². The quantitative estimate of drug-likeness (QED) is 0.858. The standard InChI is InChI=1S/C12H18ClNO/c1-4-9(7-14)10-6-11(13)12(15-3)5-8(10)2/h5-6,9H,4,7,14H2,1-3H3. The number of aryl methyl sites for hydroxylation is 1. The molecule has 1 rings (SSSR count). The van der Waals surface area contributed by atoms with E-state index < -0.39 is 0 Å². The second-order valence-corrected chi connectivity index (χ2v) is 4.09. The van der Waals surface area contributed by atoms with Crippen molar-refractivity contribution in [1.29, 1.82) is 0 Å². The Balaban J connectivity index is 3.14. The highest BCUT2D eigenvalue weighted by Gasteiger charge is 2.13. The number of ether oxygens (including phenoxy) is 1. The van der Waals surface area contributed by atoms with Crippen LogP contribution in [0, 0.1) is 6.92 Å². The molecule has 0 heterocycles. The molecule has 0 aromatic heterocycles. The average molecular weight is 228 g/mol. The molecule has 0 aliphatic carbocycles. The fourth-order valence-corrected chi connectivity index (χ4v) is 2.03. The van der Waals surface area contributed by atoms with Gasteiger partial charge in [0.25, 0.3) is 0 Å². The molecular weight excluding hydrogens is 210 g/mol. The number of rotatable bonds is 4. The molecule has 0 amide bonds. The average Bonchev–Trinajstić information content (AvgIpc) is 2.24. The van der Waals surface area contributed by atoms with Gasteiger partial charge in [0.2, 0.25) is 0 Å². The molecule has 0 radical (unpaired) electrons. The van der Waals surface area contributed by atoms with Gasteiger partial charge in [0.1, 0.15) is 5.75 Å². The summed E-state index contributed by atoms with van der Waals surface area (Å²) in [6, 6.07) is 3.94. The van der Waals surface area contributed by atoms with E-state index in [0.717, 1.165) is 12.2 Å². The largest absolute Gasteiger partial charge is 0.495 e. The second-order valence-electron chi connectivity index (χ2n) is 3.68. The lowest BCUT2D eigenvalue weighted by Gasteiger charge is -2.17. The highest BCUT2D eigenvalue weighted by atomic mass is 35.5. The summed E-state index contributed by atoms with van der Waals surface area (Å²) < 4.78 is 5.16. The van der Waals surface area contributed by atoms with Gasteiger partial charge in [0, 0.05) is 0 Å². The zero-order valence-electron chi connectivity index (χ0n) is 9.51. The first-order valence-corrected chi connectivity index (χ1v) is 5.55. The number of halogens is 1. The summed E-state index contributed by atoms with van der Waals surface area (Å²) in [5, 5.41) is 0.657. The van der Waals surface area contributed by atoms with Gasteiger partial charge in [0.05, 0.1) is 12.1 Å². The Bertz CT molecular complexity index is 335. The summed E-state index contributed by atoms with van der Waals surface area (Å²) in [6.45, 7) is 4.85. The Kier molecular flexibility index (Phi) is 4.43. The van der Waals surface area contributed by atoms with Crippen molar-refractivity contribution >= 4 is 11.6 Å². The van der Waals surface area contributed by atoms with Gasteiger partial charge in [-0.15, -0.1) is 0 Å². The third-order valence-corrected chi connectivity index (χ3v) is 3.05. The molecule has 1 unspecified atom stereocenters. The van der Waals surface area contributed by atoms with Crippen LogP contribution < -0.4 is 10.5 Å². The highest BCUT2D eigenvalue weighted by Crippen LogP contribution is 2.32. The van der Waals surface area contributed by atoms with Gasteiger partial charge in [-0.3, -0.25) is 0 Å². The summed E-state index contributed by atoms with van der Waals surface area (Å²) in [6.07, 6.45) is 1.03. The second kappa shape index (κ2) is 5.38. The Morgan fingerprint density at radius 3 is 2.60 bits per heavy atom. The molecule has 3 heteroatoms. The summed E-state index contributed by atoms with van der Waals surface area (Å²) in [7, 11) is 1.63. The molecule has 15 heavy (non-hydrogen) atoms. The molecule has 0 fully saturated rings. The van der Waals surface area contributed by atoms with E-state index in [1.165, 1.54) is 11.1 Å². The molecule has 0 saturated carbocycles. The molecule has 0 bridgehead atoms. The minimum atomic E-state index is 0.383. The number of methoxy groups -OCH3 is 1. The van der Waals surface area contributed by atoms with E-state index >= 15 is 0 Å². The predicted molar refractivity (Wildman–Crippen MR) is 64.8 cm³/mol. The summed E-state index contributed by atoms with van der Waals surface area (Å²) >= 11 is 6.09. The molecule has 1 aromatic rings. The molecule has 84 valence electrons. The first-order chi connectivity index (χ1) is 7.13. The van der Waals surface area contributed by atoms with E-state index in [2.05, 4.69) is 13.8 Å². The first-order valence-electron chi connectivity index (χ1n) is 5.18. The molecular formula is C12H18ClNO. The van der Waals surface area contributed by atoms with Crippen molar-refractivity contribution in [1.82, 2.24) is 0 Å². The Labute approximate surface area is 96.4 Å². The van der Waals surface area contributed by atoms with Crippen LogP contribution in [0.2, 0.25) is 5.02 Å². The van der Waals surface area contributed by atoms with Crippen LogP contribution in [-0.4, -0.2) is 13.7 Å². The van der Waals surface area contributed by atoms with E-state index in [9.17, 15) is 0 Å². The lowest BCUT2D eigenvalue weighted by Crippen LogP contribution is -2.12.